The Balaban J connectivity index is 1.45. The number of anilines is 1. The lowest BCUT2D eigenvalue weighted by Crippen LogP contribution is -2.37. The first-order valence-corrected chi connectivity index (χ1v) is 8.87. The van der Waals surface area contributed by atoms with Gasteiger partial charge in [-0.25, -0.2) is 0 Å². The van der Waals surface area contributed by atoms with E-state index in [0.717, 1.165) is 38.0 Å². The minimum absolute atomic E-state index is 0.0439. The van der Waals surface area contributed by atoms with Crippen LogP contribution >= 0.6 is 0 Å². The Hall–Kier alpha value is -1.96. The maximum absolute atomic E-state index is 12.2. The molecule has 2 aliphatic rings. The first-order chi connectivity index (χ1) is 12.4. The van der Waals surface area contributed by atoms with Gasteiger partial charge in [-0.15, -0.1) is 13.2 Å². The van der Waals surface area contributed by atoms with Gasteiger partial charge < -0.3 is 19.7 Å². The van der Waals surface area contributed by atoms with Crippen molar-refractivity contribution in [2.24, 2.45) is 11.8 Å². The van der Waals surface area contributed by atoms with Crippen molar-refractivity contribution in [3.63, 3.8) is 0 Å². The molecule has 1 aromatic rings. The van der Waals surface area contributed by atoms with Gasteiger partial charge in [0.05, 0.1) is 0 Å². The van der Waals surface area contributed by atoms with Crippen LogP contribution in [-0.4, -0.2) is 45.1 Å². The summed E-state index contributed by atoms with van der Waals surface area (Å²) in [6.07, 6.45) is -2.19. The van der Waals surface area contributed by atoms with Gasteiger partial charge in [-0.3, -0.25) is 4.79 Å². The maximum atomic E-state index is 12.2. The quantitative estimate of drug-likeness (QED) is 0.864. The average Bonchev–Trinajstić information content (AvgIpc) is 3.09. The lowest BCUT2D eigenvalue weighted by Gasteiger charge is -2.22. The normalized spacial score (nSPS) is 21.7. The van der Waals surface area contributed by atoms with Gasteiger partial charge in [-0.2, -0.15) is 0 Å². The first kappa shape index (κ1) is 18.8. The summed E-state index contributed by atoms with van der Waals surface area (Å²) in [4.78, 5) is 14.3. The summed E-state index contributed by atoms with van der Waals surface area (Å²) in [6.45, 7) is 3.50. The molecule has 3 rings (SSSR count). The number of alkyl halides is 3. The molecule has 0 aliphatic carbocycles. The smallest absolute Gasteiger partial charge is 0.406 e. The maximum Gasteiger partial charge on any atom is 0.573 e. The highest BCUT2D eigenvalue weighted by atomic mass is 19.4. The second kappa shape index (κ2) is 8.16. The molecule has 144 valence electrons. The van der Waals surface area contributed by atoms with Crippen molar-refractivity contribution >= 4 is 11.6 Å². The Bertz CT molecular complexity index is 601. The number of hydrogen-bond acceptors (Lipinski definition) is 4. The molecule has 2 heterocycles. The van der Waals surface area contributed by atoms with E-state index in [9.17, 15) is 18.0 Å². The Kier molecular flexibility index (Phi) is 5.90. The molecule has 1 aromatic carbocycles. The van der Waals surface area contributed by atoms with Crippen molar-refractivity contribution in [2.75, 3.05) is 37.7 Å². The Morgan fingerprint density at radius 1 is 1.19 bits per heavy atom. The van der Waals surface area contributed by atoms with Gasteiger partial charge >= 0.3 is 6.36 Å². The molecule has 0 unspecified atom stereocenters. The molecule has 26 heavy (non-hydrogen) atoms. The van der Waals surface area contributed by atoms with Crippen molar-refractivity contribution in [1.82, 2.24) is 5.32 Å². The van der Waals surface area contributed by atoms with Crippen molar-refractivity contribution in [3.05, 3.63) is 24.3 Å². The van der Waals surface area contributed by atoms with Crippen LogP contribution in [0, 0.1) is 11.8 Å². The van der Waals surface area contributed by atoms with Crippen LogP contribution in [-0.2, 0) is 9.53 Å². The molecule has 1 atom stereocenters. The van der Waals surface area contributed by atoms with Crippen LogP contribution < -0.4 is 15.0 Å². The van der Waals surface area contributed by atoms with Gasteiger partial charge in [0.25, 0.3) is 0 Å². The fourth-order valence-electron chi connectivity index (χ4n) is 3.44. The van der Waals surface area contributed by atoms with Crippen molar-refractivity contribution in [3.8, 4) is 5.75 Å². The highest BCUT2D eigenvalue weighted by Crippen LogP contribution is 2.28. The molecule has 0 bridgehead atoms. The Morgan fingerprint density at radius 2 is 1.88 bits per heavy atom. The van der Waals surface area contributed by atoms with E-state index in [1.165, 1.54) is 12.1 Å². The van der Waals surface area contributed by atoms with Gasteiger partial charge in [0, 0.05) is 44.5 Å². The van der Waals surface area contributed by atoms with E-state index >= 15 is 0 Å². The molecule has 8 heteroatoms. The Labute approximate surface area is 150 Å². The topological polar surface area (TPSA) is 50.8 Å². The fourth-order valence-corrected chi connectivity index (χ4v) is 3.44. The highest BCUT2D eigenvalue weighted by molar-refractivity contribution is 5.78. The predicted octanol–water partition coefficient (Wildman–Crippen LogP) is 2.95. The van der Waals surface area contributed by atoms with Crippen LogP contribution in [0.1, 0.15) is 19.3 Å². The lowest BCUT2D eigenvalue weighted by atomic mass is 9.99. The molecule has 0 spiro atoms. The zero-order valence-corrected chi connectivity index (χ0v) is 14.4. The van der Waals surface area contributed by atoms with Gasteiger partial charge in [0.15, 0.2) is 0 Å². The zero-order valence-electron chi connectivity index (χ0n) is 14.4. The summed E-state index contributed by atoms with van der Waals surface area (Å²) >= 11 is 0. The third-order valence-corrected chi connectivity index (χ3v) is 4.88. The van der Waals surface area contributed by atoms with E-state index in [1.54, 1.807) is 12.1 Å². The van der Waals surface area contributed by atoms with Crippen molar-refractivity contribution in [1.29, 1.82) is 0 Å². The fraction of sp³-hybridized carbons (Fsp3) is 0.611. The summed E-state index contributed by atoms with van der Waals surface area (Å²) in [6, 6.07) is 5.90. The van der Waals surface area contributed by atoms with Gasteiger partial charge in [0.1, 0.15) is 5.75 Å². The minimum Gasteiger partial charge on any atom is -0.406 e. The number of nitrogens with zero attached hydrogens (tertiary/aromatic N) is 1. The molecule has 1 amide bonds. The molecular formula is C18H23F3N2O3. The van der Waals surface area contributed by atoms with E-state index in [0.29, 0.717) is 25.7 Å². The molecule has 1 N–H and O–H groups in total. The van der Waals surface area contributed by atoms with E-state index in [-0.39, 0.29) is 17.6 Å². The largest absolute Gasteiger partial charge is 0.573 e. The zero-order chi connectivity index (χ0) is 18.6. The van der Waals surface area contributed by atoms with Crippen LogP contribution in [0.15, 0.2) is 24.3 Å². The second-order valence-corrected chi connectivity index (χ2v) is 6.77. The number of benzene rings is 1. The SMILES string of the molecule is O=C(NC[C@@H]1CCN(c2ccc(OC(F)(F)F)cc2)C1)C1CCOCC1. The first-order valence-electron chi connectivity index (χ1n) is 8.87. The van der Waals surface area contributed by atoms with Crippen LogP contribution in [0.25, 0.3) is 0 Å². The highest BCUT2D eigenvalue weighted by Gasteiger charge is 2.31. The molecule has 2 saturated heterocycles. The van der Waals surface area contributed by atoms with Crippen LogP contribution in [0.4, 0.5) is 18.9 Å². The number of rotatable bonds is 5. The lowest BCUT2D eigenvalue weighted by molar-refractivity contribution is -0.274. The Morgan fingerprint density at radius 3 is 2.54 bits per heavy atom. The second-order valence-electron chi connectivity index (χ2n) is 6.77. The summed E-state index contributed by atoms with van der Waals surface area (Å²) in [5.74, 6) is 0.258. The number of carbonyl (C=O) groups excluding carboxylic acids is 1. The van der Waals surface area contributed by atoms with E-state index < -0.39 is 6.36 Å². The summed E-state index contributed by atoms with van der Waals surface area (Å²) < 4.78 is 45.8. The number of hydrogen-bond donors (Lipinski definition) is 1. The van der Waals surface area contributed by atoms with Crippen LogP contribution in [0.2, 0.25) is 0 Å². The number of halogens is 3. The minimum atomic E-state index is -4.68. The molecule has 0 radical (unpaired) electrons. The van der Waals surface area contributed by atoms with Crippen molar-refractivity contribution in [2.45, 2.75) is 25.6 Å². The monoisotopic (exact) mass is 372 g/mol. The average molecular weight is 372 g/mol. The van der Waals surface area contributed by atoms with Gasteiger partial charge in [-0.1, -0.05) is 0 Å². The number of ether oxygens (including phenoxy) is 2. The number of carbonyl (C=O) groups is 1. The summed E-state index contributed by atoms with van der Waals surface area (Å²) in [5, 5.41) is 3.04. The van der Waals surface area contributed by atoms with Gasteiger partial charge in [-0.05, 0) is 49.4 Å². The summed E-state index contributed by atoms with van der Waals surface area (Å²) in [5.41, 5.74) is 0.859. The van der Waals surface area contributed by atoms with E-state index in [2.05, 4.69) is 15.0 Å². The molecule has 2 aliphatic heterocycles. The molecule has 5 nitrogen and oxygen atoms in total. The molecule has 2 fully saturated rings. The van der Waals surface area contributed by atoms with Crippen molar-refractivity contribution < 1.29 is 27.4 Å². The molecular weight excluding hydrogens is 349 g/mol. The number of amides is 1. The standard InChI is InChI=1S/C18H23F3N2O3/c19-18(20,21)26-16-3-1-15(2-4-16)23-8-5-13(12-23)11-22-17(24)14-6-9-25-10-7-14/h1-4,13-14H,5-12H2,(H,22,24)/t13-/m0/s1. The third-order valence-electron chi connectivity index (χ3n) is 4.88. The molecule has 0 saturated carbocycles. The number of nitrogens with one attached hydrogen (secondary N) is 1. The predicted molar refractivity (Wildman–Crippen MR) is 90.0 cm³/mol. The van der Waals surface area contributed by atoms with E-state index in [4.69, 9.17) is 4.74 Å². The third kappa shape index (κ3) is 5.27. The van der Waals surface area contributed by atoms with Crippen LogP contribution in [0.3, 0.4) is 0 Å². The van der Waals surface area contributed by atoms with Crippen LogP contribution in [0.5, 0.6) is 5.75 Å². The molecule has 0 aromatic heterocycles. The summed E-state index contributed by atoms with van der Waals surface area (Å²) in [7, 11) is 0. The van der Waals surface area contributed by atoms with Gasteiger partial charge in [0.2, 0.25) is 5.91 Å². The van der Waals surface area contributed by atoms with E-state index in [1.807, 2.05) is 0 Å².